The van der Waals surface area contributed by atoms with E-state index in [1.54, 1.807) is 46.2 Å². The number of aromatic hydroxyl groups is 1. The molecule has 0 aromatic carbocycles. The zero-order valence-corrected chi connectivity index (χ0v) is 14.5. The van der Waals surface area contributed by atoms with Gasteiger partial charge in [0.05, 0.1) is 17.3 Å². The molecule has 3 aromatic heterocycles. The molecule has 4 heterocycles. The number of hydrogen-bond donors (Lipinski definition) is 1. The first-order chi connectivity index (χ1) is 13.1. The number of aromatic nitrogens is 3. The summed E-state index contributed by atoms with van der Waals surface area (Å²) in [6.07, 6.45) is 7.50. The molecule has 1 saturated carbocycles. The maximum atomic E-state index is 13.1. The lowest BCUT2D eigenvalue weighted by Gasteiger charge is -2.21. The molecule has 0 unspecified atom stereocenters. The highest BCUT2D eigenvalue weighted by Crippen LogP contribution is 2.52. The molecular formula is C20H17N5O2. The van der Waals surface area contributed by atoms with E-state index < -0.39 is 5.41 Å². The van der Waals surface area contributed by atoms with Crippen LogP contribution in [0.4, 0.5) is 5.69 Å². The van der Waals surface area contributed by atoms with Gasteiger partial charge in [0.2, 0.25) is 5.91 Å². The highest BCUT2D eigenvalue weighted by molar-refractivity contribution is 6.05. The predicted molar refractivity (Wildman–Crippen MR) is 97.8 cm³/mol. The molecule has 2 fully saturated rings. The Morgan fingerprint density at radius 3 is 2.89 bits per heavy atom. The van der Waals surface area contributed by atoms with E-state index in [0.29, 0.717) is 24.2 Å². The van der Waals surface area contributed by atoms with Crippen LogP contribution in [0.1, 0.15) is 19.3 Å². The highest BCUT2D eigenvalue weighted by Gasteiger charge is 2.56. The summed E-state index contributed by atoms with van der Waals surface area (Å²) < 4.78 is 1.68. The van der Waals surface area contributed by atoms with Gasteiger partial charge < -0.3 is 10.0 Å². The van der Waals surface area contributed by atoms with Crippen molar-refractivity contribution in [1.82, 2.24) is 14.6 Å². The van der Waals surface area contributed by atoms with Crippen LogP contribution < -0.4 is 4.90 Å². The topological polar surface area (TPSA) is 94.5 Å². The summed E-state index contributed by atoms with van der Waals surface area (Å²) >= 11 is 0. The molecule has 7 heteroatoms. The van der Waals surface area contributed by atoms with E-state index in [-0.39, 0.29) is 17.6 Å². The fourth-order valence-corrected chi connectivity index (χ4v) is 4.09. The van der Waals surface area contributed by atoms with Gasteiger partial charge in [0.15, 0.2) is 0 Å². The van der Waals surface area contributed by atoms with E-state index in [1.165, 1.54) is 0 Å². The van der Waals surface area contributed by atoms with Crippen molar-refractivity contribution < 1.29 is 9.90 Å². The van der Waals surface area contributed by atoms with E-state index in [2.05, 4.69) is 16.2 Å². The van der Waals surface area contributed by atoms with Gasteiger partial charge in [0, 0.05) is 30.7 Å². The number of amides is 1. The predicted octanol–water partition coefficient (Wildman–Crippen LogP) is 2.76. The van der Waals surface area contributed by atoms with Gasteiger partial charge in [-0.1, -0.05) is 0 Å². The zero-order valence-electron chi connectivity index (χ0n) is 14.5. The molecule has 1 aliphatic heterocycles. The third-order valence-electron chi connectivity index (χ3n) is 5.67. The molecule has 7 nitrogen and oxygen atoms in total. The molecule has 27 heavy (non-hydrogen) atoms. The Labute approximate surface area is 155 Å². The quantitative estimate of drug-likeness (QED) is 0.776. The number of nitriles is 1. The number of anilines is 1. The molecule has 1 saturated heterocycles. The second kappa shape index (κ2) is 5.55. The highest BCUT2D eigenvalue weighted by atomic mass is 16.3. The van der Waals surface area contributed by atoms with Gasteiger partial charge in [-0.15, -0.1) is 0 Å². The second-order valence-corrected chi connectivity index (χ2v) is 7.21. The van der Waals surface area contributed by atoms with Crippen molar-refractivity contribution in [2.45, 2.75) is 19.3 Å². The van der Waals surface area contributed by atoms with Crippen LogP contribution in [0.15, 0.2) is 42.9 Å². The molecule has 1 aliphatic carbocycles. The largest absolute Gasteiger partial charge is 0.506 e. The molecule has 1 N–H and O–H groups in total. The smallest absolute Gasteiger partial charge is 0.247 e. The standard InChI is InChI=1S/C20H17N5O2/c21-12-20(14-3-4-14)6-9-24(19(20)27)15-5-8-23-25-11-13(10-16(15)25)18-17(26)2-1-7-22-18/h1-2,5,7-8,10-11,14,26H,3-4,6,9H2/t20-/m1/s1. The Morgan fingerprint density at radius 1 is 1.30 bits per heavy atom. The minimum Gasteiger partial charge on any atom is -0.506 e. The lowest BCUT2D eigenvalue weighted by atomic mass is 9.83. The summed E-state index contributed by atoms with van der Waals surface area (Å²) in [6.45, 7) is 0.526. The van der Waals surface area contributed by atoms with Crippen LogP contribution in [0, 0.1) is 22.7 Å². The summed E-state index contributed by atoms with van der Waals surface area (Å²) in [6, 6.07) is 9.23. The van der Waals surface area contributed by atoms with Gasteiger partial charge in [0.25, 0.3) is 0 Å². The fraction of sp³-hybridized carbons (Fsp3) is 0.300. The third kappa shape index (κ3) is 2.23. The lowest BCUT2D eigenvalue weighted by molar-refractivity contribution is -0.123. The van der Waals surface area contributed by atoms with Gasteiger partial charge >= 0.3 is 0 Å². The second-order valence-electron chi connectivity index (χ2n) is 7.21. The first-order valence-electron chi connectivity index (χ1n) is 8.99. The zero-order chi connectivity index (χ0) is 18.6. The summed E-state index contributed by atoms with van der Waals surface area (Å²) in [5.74, 6) is 0.166. The molecule has 0 bridgehead atoms. The van der Waals surface area contributed by atoms with Crippen LogP contribution in [0.3, 0.4) is 0 Å². The van der Waals surface area contributed by atoms with Crippen LogP contribution in [0.2, 0.25) is 0 Å². The first-order valence-corrected chi connectivity index (χ1v) is 8.99. The molecule has 134 valence electrons. The molecule has 1 amide bonds. The van der Waals surface area contributed by atoms with Gasteiger partial charge in [0.1, 0.15) is 16.9 Å². The normalized spacial score (nSPS) is 22.3. The van der Waals surface area contributed by atoms with Crippen molar-refractivity contribution >= 4 is 17.1 Å². The molecular weight excluding hydrogens is 342 g/mol. The number of hydrogen-bond acceptors (Lipinski definition) is 5. The van der Waals surface area contributed by atoms with Crippen molar-refractivity contribution in [2.24, 2.45) is 11.3 Å². The van der Waals surface area contributed by atoms with Crippen LogP contribution in [0.5, 0.6) is 5.75 Å². The van der Waals surface area contributed by atoms with Crippen LogP contribution in [0.25, 0.3) is 16.8 Å². The fourth-order valence-electron chi connectivity index (χ4n) is 4.09. The Hall–Kier alpha value is -3.40. The minimum absolute atomic E-state index is 0.0874. The Bertz CT molecular complexity index is 1110. The van der Waals surface area contributed by atoms with Gasteiger partial charge in [-0.05, 0) is 49.4 Å². The van der Waals surface area contributed by atoms with Crippen LogP contribution in [-0.2, 0) is 4.79 Å². The molecule has 2 aliphatic rings. The van der Waals surface area contributed by atoms with Crippen LogP contribution in [-0.4, -0.2) is 32.2 Å². The van der Waals surface area contributed by atoms with E-state index in [4.69, 9.17) is 0 Å². The molecule has 3 aromatic rings. The van der Waals surface area contributed by atoms with Gasteiger partial charge in [-0.25, -0.2) is 4.52 Å². The molecule has 0 spiro atoms. The van der Waals surface area contributed by atoms with Crippen LogP contribution >= 0.6 is 0 Å². The van der Waals surface area contributed by atoms with E-state index in [9.17, 15) is 15.2 Å². The van der Waals surface area contributed by atoms with Crippen molar-refractivity contribution in [2.75, 3.05) is 11.4 Å². The van der Waals surface area contributed by atoms with Crippen molar-refractivity contribution in [3.63, 3.8) is 0 Å². The summed E-state index contributed by atoms with van der Waals surface area (Å²) in [5.41, 5.74) is 1.78. The maximum Gasteiger partial charge on any atom is 0.247 e. The number of carbonyl (C=O) groups excluding carboxylic acids is 1. The Morgan fingerprint density at radius 2 is 2.15 bits per heavy atom. The van der Waals surface area contributed by atoms with Crippen molar-refractivity contribution in [3.8, 4) is 23.1 Å². The van der Waals surface area contributed by atoms with Gasteiger partial charge in [-0.3, -0.25) is 9.78 Å². The first kappa shape index (κ1) is 15.8. The van der Waals surface area contributed by atoms with E-state index in [0.717, 1.165) is 24.0 Å². The van der Waals surface area contributed by atoms with Gasteiger partial charge in [-0.2, -0.15) is 10.4 Å². The van der Waals surface area contributed by atoms with Crippen molar-refractivity contribution in [1.29, 1.82) is 5.26 Å². The molecule has 1 atom stereocenters. The molecule has 5 rings (SSSR count). The number of rotatable bonds is 3. The van der Waals surface area contributed by atoms with E-state index >= 15 is 0 Å². The third-order valence-corrected chi connectivity index (χ3v) is 5.67. The lowest BCUT2D eigenvalue weighted by Crippen LogP contribution is -2.35. The molecule has 0 radical (unpaired) electrons. The summed E-state index contributed by atoms with van der Waals surface area (Å²) in [7, 11) is 0. The Balaban J connectivity index is 1.60. The monoisotopic (exact) mass is 359 g/mol. The minimum atomic E-state index is -0.880. The maximum absolute atomic E-state index is 13.1. The SMILES string of the molecule is N#C[C@@]1(C2CC2)CCN(c2ccnn3cc(-c4ncccc4O)cc23)C1=O. The summed E-state index contributed by atoms with van der Waals surface area (Å²) in [5, 5.41) is 24.1. The summed E-state index contributed by atoms with van der Waals surface area (Å²) in [4.78, 5) is 19.1. The number of nitrogens with zero attached hydrogens (tertiary/aromatic N) is 5. The Kier molecular flexibility index (Phi) is 3.25. The number of fused-ring (bicyclic) bond motifs is 1. The van der Waals surface area contributed by atoms with Crippen molar-refractivity contribution in [3.05, 3.63) is 42.9 Å². The number of pyridine rings is 1. The van der Waals surface area contributed by atoms with E-state index in [1.807, 2.05) is 6.07 Å². The number of carbonyl (C=O) groups is 1. The average molecular weight is 359 g/mol. The average Bonchev–Trinajstić information content (AvgIpc) is 3.35.